The molecular weight excluding hydrogens is 314 g/mol. The molecule has 0 radical (unpaired) electrons. The second-order valence-electron chi connectivity index (χ2n) is 7.53. The van der Waals surface area contributed by atoms with Crippen LogP contribution in [0.15, 0.2) is 30.5 Å². The molecule has 3 heterocycles. The third-order valence-electron chi connectivity index (χ3n) is 5.98. The van der Waals surface area contributed by atoms with Gasteiger partial charge in [-0.1, -0.05) is 12.1 Å². The first-order chi connectivity index (χ1) is 12.2. The molecule has 1 N–H and O–H groups in total. The van der Waals surface area contributed by atoms with E-state index in [2.05, 4.69) is 16.9 Å². The van der Waals surface area contributed by atoms with Crippen LogP contribution in [0.2, 0.25) is 0 Å². The number of para-hydroxylation sites is 1. The van der Waals surface area contributed by atoms with Crippen LogP contribution < -0.4 is 4.74 Å². The molecule has 4 rings (SSSR count). The summed E-state index contributed by atoms with van der Waals surface area (Å²) in [7, 11) is 2.21. The molecule has 0 saturated carbocycles. The molecule has 2 aromatic rings. The summed E-state index contributed by atoms with van der Waals surface area (Å²) >= 11 is 0. The van der Waals surface area contributed by atoms with Crippen LogP contribution in [0.4, 0.5) is 4.79 Å². The van der Waals surface area contributed by atoms with Crippen molar-refractivity contribution in [3.8, 4) is 5.75 Å². The van der Waals surface area contributed by atoms with Crippen molar-refractivity contribution in [2.45, 2.75) is 25.7 Å². The van der Waals surface area contributed by atoms with Crippen LogP contribution in [0, 0.1) is 11.8 Å². The number of H-pyrrole nitrogens is 1. The topological polar surface area (TPSA) is 48.6 Å². The highest BCUT2D eigenvalue weighted by molar-refractivity contribution is 5.88. The van der Waals surface area contributed by atoms with Gasteiger partial charge in [-0.05, 0) is 69.8 Å². The van der Waals surface area contributed by atoms with E-state index in [0.717, 1.165) is 48.7 Å². The molecule has 0 unspecified atom stereocenters. The van der Waals surface area contributed by atoms with Crippen LogP contribution in [0.25, 0.3) is 10.9 Å². The maximum absolute atomic E-state index is 12.5. The van der Waals surface area contributed by atoms with E-state index in [9.17, 15) is 4.79 Å². The molecule has 25 heavy (non-hydrogen) atoms. The molecule has 134 valence electrons. The van der Waals surface area contributed by atoms with Crippen molar-refractivity contribution >= 4 is 17.0 Å². The highest BCUT2D eigenvalue weighted by Crippen LogP contribution is 2.32. The molecule has 1 aromatic heterocycles. The lowest BCUT2D eigenvalue weighted by molar-refractivity contribution is 0.0973. The molecule has 5 heteroatoms. The van der Waals surface area contributed by atoms with E-state index >= 15 is 0 Å². The Morgan fingerprint density at radius 3 is 2.40 bits per heavy atom. The Morgan fingerprint density at radius 2 is 1.68 bits per heavy atom. The fraction of sp³-hybridized carbons (Fsp3) is 0.550. The predicted octanol–water partition coefficient (Wildman–Crippen LogP) is 3.72. The zero-order valence-electron chi connectivity index (χ0n) is 14.9. The fourth-order valence-electron chi connectivity index (χ4n) is 4.34. The summed E-state index contributed by atoms with van der Waals surface area (Å²) in [6.07, 6.45) is 6.39. The molecule has 0 atom stereocenters. The van der Waals surface area contributed by atoms with Gasteiger partial charge in [0.25, 0.3) is 0 Å². The van der Waals surface area contributed by atoms with E-state index in [1.165, 1.54) is 25.9 Å². The normalized spacial score (nSPS) is 20.9. The van der Waals surface area contributed by atoms with Crippen molar-refractivity contribution in [2.24, 2.45) is 11.8 Å². The van der Waals surface area contributed by atoms with Crippen molar-refractivity contribution in [1.29, 1.82) is 0 Å². The van der Waals surface area contributed by atoms with E-state index in [1.807, 2.05) is 29.2 Å². The molecule has 1 amide bonds. The van der Waals surface area contributed by atoms with E-state index in [4.69, 9.17) is 4.74 Å². The monoisotopic (exact) mass is 341 g/mol. The summed E-state index contributed by atoms with van der Waals surface area (Å²) in [5.74, 6) is 2.23. The Kier molecular flexibility index (Phi) is 4.66. The van der Waals surface area contributed by atoms with Crippen LogP contribution in [0.3, 0.4) is 0 Å². The van der Waals surface area contributed by atoms with Gasteiger partial charge in [0.05, 0.1) is 0 Å². The molecule has 1 aromatic carbocycles. The lowest BCUT2D eigenvalue weighted by Crippen LogP contribution is -2.43. The Bertz CT molecular complexity index is 725. The van der Waals surface area contributed by atoms with Gasteiger partial charge in [-0.25, -0.2) is 4.79 Å². The van der Waals surface area contributed by atoms with Crippen LogP contribution in [-0.2, 0) is 0 Å². The van der Waals surface area contributed by atoms with Crippen LogP contribution in [0.5, 0.6) is 5.75 Å². The number of fused-ring (bicyclic) bond motifs is 1. The number of carbonyl (C=O) groups excluding carboxylic acids is 1. The maximum Gasteiger partial charge on any atom is 0.415 e. The molecule has 0 bridgehead atoms. The summed E-state index contributed by atoms with van der Waals surface area (Å²) in [5, 5.41) is 0.956. The molecule has 0 aliphatic carbocycles. The summed E-state index contributed by atoms with van der Waals surface area (Å²) < 4.78 is 5.65. The molecule has 2 fully saturated rings. The number of benzene rings is 1. The number of hydrogen-bond acceptors (Lipinski definition) is 3. The fourth-order valence-corrected chi connectivity index (χ4v) is 4.34. The molecule has 5 nitrogen and oxygen atoms in total. The second kappa shape index (κ2) is 7.08. The average molecular weight is 341 g/mol. The zero-order valence-corrected chi connectivity index (χ0v) is 14.9. The van der Waals surface area contributed by atoms with E-state index in [0.29, 0.717) is 5.75 Å². The lowest BCUT2D eigenvalue weighted by Gasteiger charge is -2.39. The minimum absolute atomic E-state index is 0.216. The van der Waals surface area contributed by atoms with E-state index < -0.39 is 0 Å². The van der Waals surface area contributed by atoms with E-state index in [-0.39, 0.29) is 6.09 Å². The number of nitrogens with zero attached hydrogens (tertiary/aromatic N) is 2. The standard InChI is InChI=1S/C20H27N3O2/c1-22-10-6-15(7-11-22)16-8-12-23(13-9-16)20(24)25-19-14-21-18-5-3-2-4-17(18)19/h2-5,14-16,21H,6-13H2,1H3. The Morgan fingerprint density at radius 1 is 1.04 bits per heavy atom. The van der Waals surface area contributed by atoms with Crippen molar-refractivity contribution in [1.82, 2.24) is 14.8 Å². The molecule has 0 spiro atoms. The first-order valence-electron chi connectivity index (χ1n) is 9.42. The van der Waals surface area contributed by atoms with Gasteiger partial charge in [0.2, 0.25) is 0 Å². The van der Waals surface area contributed by atoms with Crippen molar-refractivity contribution in [3.63, 3.8) is 0 Å². The number of hydrogen-bond donors (Lipinski definition) is 1. The van der Waals surface area contributed by atoms with Crippen LogP contribution >= 0.6 is 0 Å². The third-order valence-corrected chi connectivity index (χ3v) is 5.98. The quantitative estimate of drug-likeness (QED) is 0.906. The van der Waals surface area contributed by atoms with Crippen molar-refractivity contribution < 1.29 is 9.53 Å². The highest BCUT2D eigenvalue weighted by atomic mass is 16.6. The number of rotatable bonds is 2. The number of likely N-dealkylation sites (tertiary alicyclic amines) is 2. The Hall–Kier alpha value is -2.01. The largest absolute Gasteiger partial charge is 0.415 e. The minimum Gasteiger partial charge on any atom is -0.408 e. The second-order valence-corrected chi connectivity index (χ2v) is 7.53. The highest BCUT2D eigenvalue weighted by Gasteiger charge is 2.31. The number of ether oxygens (including phenoxy) is 1. The lowest BCUT2D eigenvalue weighted by atomic mass is 9.79. The summed E-state index contributed by atoms with van der Waals surface area (Å²) in [6, 6.07) is 7.89. The van der Waals surface area contributed by atoms with Gasteiger partial charge in [-0.2, -0.15) is 0 Å². The van der Waals surface area contributed by atoms with Crippen LogP contribution in [0.1, 0.15) is 25.7 Å². The van der Waals surface area contributed by atoms with Gasteiger partial charge in [-0.15, -0.1) is 0 Å². The molecule has 2 saturated heterocycles. The Labute approximate surface area is 148 Å². The van der Waals surface area contributed by atoms with Gasteiger partial charge in [-0.3, -0.25) is 0 Å². The van der Waals surface area contributed by atoms with Gasteiger partial charge < -0.3 is 19.5 Å². The number of aromatic nitrogens is 1. The van der Waals surface area contributed by atoms with Gasteiger partial charge in [0.1, 0.15) is 0 Å². The number of carbonyl (C=O) groups is 1. The number of piperidine rings is 2. The number of aromatic amines is 1. The van der Waals surface area contributed by atoms with Gasteiger partial charge >= 0.3 is 6.09 Å². The predicted molar refractivity (Wildman–Crippen MR) is 98.8 cm³/mol. The van der Waals surface area contributed by atoms with Crippen molar-refractivity contribution in [3.05, 3.63) is 30.5 Å². The first-order valence-corrected chi connectivity index (χ1v) is 9.42. The summed E-state index contributed by atoms with van der Waals surface area (Å²) in [6.45, 7) is 4.07. The Balaban J connectivity index is 1.32. The zero-order chi connectivity index (χ0) is 17.2. The molecule has 2 aliphatic rings. The number of amides is 1. The maximum atomic E-state index is 12.5. The van der Waals surface area contributed by atoms with Gasteiger partial charge in [0, 0.05) is 30.2 Å². The summed E-state index contributed by atoms with van der Waals surface area (Å²) in [5.41, 5.74) is 0.992. The van der Waals surface area contributed by atoms with Crippen molar-refractivity contribution in [2.75, 3.05) is 33.2 Å². The smallest absolute Gasteiger partial charge is 0.408 e. The van der Waals surface area contributed by atoms with Crippen LogP contribution in [-0.4, -0.2) is 54.1 Å². The van der Waals surface area contributed by atoms with Gasteiger partial charge in [0.15, 0.2) is 5.75 Å². The SMILES string of the molecule is CN1CCC(C2CCN(C(=O)Oc3c[nH]c4ccccc34)CC2)CC1. The molecular formula is C20H27N3O2. The minimum atomic E-state index is -0.216. The summed E-state index contributed by atoms with van der Waals surface area (Å²) in [4.78, 5) is 20.0. The molecule has 2 aliphatic heterocycles. The first kappa shape index (κ1) is 16.5. The third kappa shape index (κ3) is 3.52. The van der Waals surface area contributed by atoms with E-state index in [1.54, 1.807) is 6.20 Å². The number of nitrogens with one attached hydrogen (secondary N) is 1. The average Bonchev–Trinajstić information content (AvgIpc) is 3.06.